The van der Waals surface area contributed by atoms with Crippen molar-refractivity contribution in [2.45, 2.75) is 5.03 Å². The summed E-state index contributed by atoms with van der Waals surface area (Å²) in [5.74, 6) is 0.658. The first kappa shape index (κ1) is 8.52. The van der Waals surface area contributed by atoms with Crippen molar-refractivity contribution in [2.24, 2.45) is 0 Å². The Morgan fingerprint density at radius 3 is 3.23 bits per heavy atom. The Morgan fingerprint density at radius 2 is 2.38 bits per heavy atom. The molecular weight excluding hydrogens is 186 g/mol. The van der Waals surface area contributed by atoms with Crippen molar-refractivity contribution in [1.29, 1.82) is 0 Å². The van der Waals surface area contributed by atoms with E-state index in [1.165, 1.54) is 18.1 Å². The topological polar surface area (TPSA) is 61.8 Å². The van der Waals surface area contributed by atoms with Crippen LogP contribution in [0.1, 0.15) is 0 Å². The molecule has 2 aromatic heterocycles. The highest BCUT2D eigenvalue weighted by molar-refractivity contribution is 7.99. The van der Waals surface area contributed by atoms with Crippen LogP contribution < -0.4 is 0 Å². The highest BCUT2D eigenvalue weighted by Crippen LogP contribution is 2.22. The van der Waals surface area contributed by atoms with Gasteiger partial charge in [-0.2, -0.15) is 0 Å². The Hall–Kier alpha value is -1.07. The van der Waals surface area contributed by atoms with Gasteiger partial charge in [0.15, 0.2) is 0 Å². The summed E-state index contributed by atoms with van der Waals surface area (Å²) in [6.07, 6.45) is 3.37. The first-order valence-corrected chi connectivity index (χ1v) is 4.92. The smallest absolute Gasteiger partial charge is 0.124 e. The molecule has 0 amide bonds. The molecule has 2 aromatic rings. The fourth-order valence-corrected chi connectivity index (χ4v) is 1.81. The Bertz CT molecular complexity index is 401. The number of aliphatic hydroxyl groups excluding tert-OH is 1. The second-order valence-electron chi connectivity index (χ2n) is 2.49. The zero-order valence-electron chi connectivity index (χ0n) is 6.90. The number of fused-ring (bicyclic) bond motifs is 1. The van der Waals surface area contributed by atoms with E-state index in [1.54, 1.807) is 0 Å². The molecule has 2 heterocycles. The van der Waals surface area contributed by atoms with Crippen molar-refractivity contribution >= 4 is 22.8 Å². The molecule has 0 radical (unpaired) electrons. The first-order valence-electron chi connectivity index (χ1n) is 3.93. The highest BCUT2D eigenvalue weighted by Gasteiger charge is 2.03. The number of nitrogens with zero attached hydrogens (tertiary/aromatic N) is 2. The van der Waals surface area contributed by atoms with Crippen molar-refractivity contribution in [2.75, 3.05) is 12.4 Å². The molecular formula is C8H9N3OS. The molecule has 0 aliphatic heterocycles. The van der Waals surface area contributed by atoms with Gasteiger partial charge in [-0.15, -0.1) is 11.8 Å². The van der Waals surface area contributed by atoms with Gasteiger partial charge in [0, 0.05) is 11.9 Å². The Morgan fingerprint density at radius 1 is 1.46 bits per heavy atom. The van der Waals surface area contributed by atoms with Gasteiger partial charge in [0.2, 0.25) is 0 Å². The van der Waals surface area contributed by atoms with Crippen LogP contribution in [-0.4, -0.2) is 32.4 Å². The number of H-pyrrole nitrogens is 1. The average molecular weight is 195 g/mol. The predicted molar refractivity (Wildman–Crippen MR) is 51.7 cm³/mol. The molecule has 4 nitrogen and oxygen atoms in total. The van der Waals surface area contributed by atoms with Gasteiger partial charge >= 0.3 is 0 Å². The standard InChI is InChI=1S/C8H9N3OS/c12-3-4-13-8-7-6(1-2-9-7)10-5-11-8/h1-2,5,9,12H,3-4H2. The van der Waals surface area contributed by atoms with Gasteiger partial charge in [0.25, 0.3) is 0 Å². The number of rotatable bonds is 3. The minimum Gasteiger partial charge on any atom is -0.396 e. The van der Waals surface area contributed by atoms with E-state index < -0.39 is 0 Å². The molecule has 0 unspecified atom stereocenters. The van der Waals surface area contributed by atoms with Gasteiger partial charge < -0.3 is 10.1 Å². The van der Waals surface area contributed by atoms with Gasteiger partial charge in [-0.3, -0.25) is 0 Å². The summed E-state index contributed by atoms with van der Waals surface area (Å²) in [4.78, 5) is 11.3. The molecule has 2 rings (SSSR count). The summed E-state index contributed by atoms with van der Waals surface area (Å²) >= 11 is 1.52. The second kappa shape index (κ2) is 3.76. The maximum atomic E-state index is 8.68. The van der Waals surface area contributed by atoms with E-state index in [2.05, 4.69) is 15.0 Å². The molecule has 13 heavy (non-hydrogen) atoms. The number of aromatic nitrogens is 3. The minimum atomic E-state index is 0.164. The van der Waals surface area contributed by atoms with Crippen molar-refractivity contribution in [3.05, 3.63) is 18.6 Å². The lowest BCUT2D eigenvalue weighted by Gasteiger charge is -1.98. The van der Waals surface area contributed by atoms with Gasteiger partial charge in [-0.1, -0.05) is 0 Å². The molecule has 0 saturated carbocycles. The molecule has 0 spiro atoms. The molecule has 0 aliphatic rings. The second-order valence-corrected chi connectivity index (χ2v) is 3.57. The van der Waals surface area contributed by atoms with E-state index in [1.807, 2.05) is 12.3 Å². The number of aromatic amines is 1. The Balaban J connectivity index is 2.37. The molecule has 0 aromatic carbocycles. The van der Waals surface area contributed by atoms with Crippen LogP contribution in [0.3, 0.4) is 0 Å². The van der Waals surface area contributed by atoms with Crippen LogP contribution in [0.2, 0.25) is 0 Å². The summed E-state index contributed by atoms with van der Waals surface area (Å²) < 4.78 is 0. The van der Waals surface area contributed by atoms with Crippen LogP contribution in [0.25, 0.3) is 11.0 Å². The third kappa shape index (κ3) is 1.66. The van der Waals surface area contributed by atoms with Crippen LogP contribution in [0.5, 0.6) is 0 Å². The molecule has 68 valence electrons. The van der Waals surface area contributed by atoms with E-state index in [9.17, 15) is 0 Å². The maximum Gasteiger partial charge on any atom is 0.124 e. The van der Waals surface area contributed by atoms with Crippen LogP contribution in [0.15, 0.2) is 23.6 Å². The monoisotopic (exact) mass is 195 g/mol. The summed E-state index contributed by atoms with van der Waals surface area (Å²) in [5.41, 5.74) is 1.86. The van der Waals surface area contributed by atoms with Gasteiger partial charge in [-0.25, -0.2) is 9.97 Å². The van der Waals surface area contributed by atoms with E-state index >= 15 is 0 Å². The number of thioether (sulfide) groups is 1. The van der Waals surface area contributed by atoms with Crippen molar-refractivity contribution in [3.63, 3.8) is 0 Å². The van der Waals surface area contributed by atoms with Crippen molar-refractivity contribution in [1.82, 2.24) is 15.0 Å². The highest BCUT2D eigenvalue weighted by atomic mass is 32.2. The van der Waals surface area contributed by atoms with Crippen LogP contribution in [0, 0.1) is 0 Å². The van der Waals surface area contributed by atoms with Crippen LogP contribution in [-0.2, 0) is 0 Å². The zero-order valence-corrected chi connectivity index (χ0v) is 7.71. The molecule has 0 bridgehead atoms. The quantitative estimate of drug-likeness (QED) is 0.567. The summed E-state index contributed by atoms with van der Waals surface area (Å²) in [7, 11) is 0. The van der Waals surface area contributed by atoms with E-state index in [4.69, 9.17) is 5.11 Å². The van der Waals surface area contributed by atoms with Crippen LogP contribution in [0.4, 0.5) is 0 Å². The molecule has 5 heteroatoms. The normalized spacial score (nSPS) is 10.8. The lowest BCUT2D eigenvalue weighted by atomic mass is 10.5. The molecule has 0 aliphatic carbocycles. The fourth-order valence-electron chi connectivity index (χ4n) is 1.10. The summed E-state index contributed by atoms with van der Waals surface area (Å²) in [6, 6.07) is 1.90. The third-order valence-corrected chi connectivity index (χ3v) is 2.61. The van der Waals surface area contributed by atoms with Crippen LogP contribution >= 0.6 is 11.8 Å². The fraction of sp³-hybridized carbons (Fsp3) is 0.250. The molecule has 0 fully saturated rings. The number of aliphatic hydroxyl groups is 1. The molecule has 0 saturated heterocycles. The zero-order chi connectivity index (χ0) is 9.10. The van der Waals surface area contributed by atoms with Gasteiger partial charge in [-0.05, 0) is 6.07 Å². The summed E-state index contributed by atoms with van der Waals surface area (Å²) in [5, 5.41) is 9.57. The molecule has 2 N–H and O–H groups in total. The lowest BCUT2D eigenvalue weighted by molar-refractivity contribution is 0.322. The van der Waals surface area contributed by atoms with Crippen molar-refractivity contribution in [3.8, 4) is 0 Å². The Labute approximate surface area is 79.4 Å². The van der Waals surface area contributed by atoms with Gasteiger partial charge in [0.05, 0.1) is 17.6 Å². The minimum absolute atomic E-state index is 0.164. The number of nitrogens with one attached hydrogen (secondary N) is 1. The van der Waals surface area contributed by atoms with Gasteiger partial charge in [0.1, 0.15) is 11.4 Å². The summed E-state index contributed by atoms with van der Waals surface area (Å²) in [6.45, 7) is 0.164. The number of hydrogen-bond donors (Lipinski definition) is 2. The first-order chi connectivity index (χ1) is 6.42. The largest absolute Gasteiger partial charge is 0.396 e. The number of hydrogen-bond acceptors (Lipinski definition) is 4. The Kier molecular flexibility index (Phi) is 2.47. The van der Waals surface area contributed by atoms with E-state index in [-0.39, 0.29) is 6.61 Å². The third-order valence-electron chi connectivity index (χ3n) is 1.64. The SMILES string of the molecule is OCCSc1ncnc2cc[nH]c12. The lowest BCUT2D eigenvalue weighted by Crippen LogP contribution is -1.89. The van der Waals surface area contributed by atoms with Crippen molar-refractivity contribution < 1.29 is 5.11 Å². The predicted octanol–water partition coefficient (Wildman–Crippen LogP) is 1.04. The maximum absolute atomic E-state index is 8.68. The van der Waals surface area contributed by atoms with E-state index in [0.717, 1.165) is 16.1 Å². The average Bonchev–Trinajstić information content (AvgIpc) is 2.62. The van der Waals surface area contributed by atoms with E-state index in [0.29, 0.717) is 5.75 Å². The molecule has 0 atom stereocenters.